The van der Waals surface area contributed by atoms with Gasteiger partial charge in [0, 0.05) is 23.4 Å². The predicted octanol–water partition coefficient (Wildman–Crippen LogP) is 1.21. The van der Waals surface area contributed by atoms with Crippen molar-refractivity contribution in [3.05, 3.63) is 48.3 Å². The second-order valence-electron chi connectivity index (χ2n) is 4.59. The van der Waals surface area contributed by atoms with E-state index in [2.05, 4.69) is 0 Å². The topological polar surface area (TPSA) is 65.4 Å². The predicted molar refractivity (Wildman–Crippen MR) is 72.8 cm³/mol. The highest BCUT2D eigenvalue weighted by molar-refractivity contribution is 5.95. The van der Waals surface area contributed by atoms with Crippen molar-refractivity contribution in [3.8, 4) is 11.5 Å². The highest BCUT2D eigenvalue weighted by Crippen LogP contribution is 2.30. The van der Waals surface area contributed by atoms with Crippen LogP contribution in [0.25, 0.3) is 0 Å². The van der Waals surface area contributed by atoms with Gasteiger partial charge in [-0.25, -0.2) is 0 Å². The van der Waals surface area contributed by atoms with Gasteiger partial charge in [-0.1, -0.05) is 0 Å². The summed E-state index contributed by atoms with van der Waals surface area (Å²) >= 11 is 0. The van der Waals surface area contributed by atoms with Crippen LogP contribution in [0.2, 0.25) is 0 Å². The summed E-state index contributed by atoms with van der Waals surface area (Å²) in [6.07, 6.45) is 3.57. The lowest BCUT2D eigenvalue weighted by Crippen LogP contribution is -2.37. The largest absolute Gasteiger partial charge is 0.486 e. The van der Waals surface area contributed by atoms with Gasteiger partial charge in [-0.3, -0.25) is 4.79 Å². The highest BCUT2D eigenvalue weighted by Gasteiger charge is 2.17. The monoisotopic (exact) mass is 271 g/mol. The van der Waals surface area contributed by atoms with E-state index >= 15 is 0 Å². The fourth-order valence-corrected chi connectivity index (χ4v) is 2.05. The molecule has 0 fully saturated rings. The maximum Gasteiger partial charge on any atom is 0.227 e. The Morgan fingerprint density at radius 1 is 1.10 bits per heavy atom. The molecule has 2 N–H and O–H groups in total. The van der Waals surface area contributed by atoms with E-state index in [1.807, 2.05) is 0 Å². The first-order valence-electron chi connectivity index (χ1n) is 6.40. The molecule has 0 aliphatic carbocycles. The lowest BCUT2D eigenvalue weighted by molar-refractivity contribution is -0.683. The fraction of sp³-hybridized carbons (Fsp3) is 0.200. The van der Waals surface area contributed by atoms with E-state index in [1.54, 1.807) is 47.3 Å². The number of nitrogen functional groups attached to an aromatic ring is 1. The number of carbonyl (C=O) groups excluding carboxylic acids is 1. The van der Waals surface area contributed by atoms with Crippen molar-refractivity contribution in [2.45, 2.75) is 6.54 Å². The Kier molecular flexibility index (Phi) is 3.25. The van der Waals surface area contributed by atoms with Gasteiger partial charge in [0.1, 0.15) is 13.2 Å². The molecule has 0 radical (unpaired) electrons. The van der Waals surface area contributed by atoms with Crippen molar-refractivity contribution in [2.24, 2.45) is 0 Å². The van der Waals surface area contributed by atoms with Crippen LogP contribution in [0, 0.1) is 0 Å². The van der Waals surface area contributed by atoms with Gasteiger partial charge in [0.2, 0.25) is 12.3 Å². The normalized spacial score (nSPS) is 13.0. The molecule has 0 unspecified atom stereocenters. The molecule has 0 saturated heterocycles. The van der Waals surface area contributed by atoms with Gasteiger partial charge in [-0.05, 0) is 18.2 Å². The van der Waals surface area contributed by atoms with Gasteiger partial charge < -0.3 is 15.2 Å². The van der Waals surface area contributed by atoms with E-state index < -0.39 is 0 Å². The van der Waals surface area contributed by atoms with E-state index in [0.29, 0.717) is 36.0 Å². The second kappa shape index (κ2) is 5.21. The second-order valence-corrected chi connectivity index (χ2v) is 4.59. The third kappa shape index (κ3) is 2.56. The number of fused-ring (bicyclic) bond motifs is 1. The lowest BCUT2D eigenvalue weighted by atomic mass is 10.1. The lowest BCUT2D eigenvalue weighted by Gasteiger charge is -2.18. The summed E-state index contributed by atoms with van der Waals surface area (Å²) in [6, 6.07) is 8.78. The molecule has 1 aromatic carbocycles. The first-order valence-corrected chi connectivity index (χ1v) is 6.40. The van der Waals surface area contributed by atoms with E-state index in [1.165, 1.54) is 0 Å². The number of hydrogen-bond acceptors (Lipinski definition) is 4. The SMILES string of the molecule is Nc1cc[n+](CC(=O)c2ccc3c(c2)OCCO3)cc1. The van der Waals surface area contributed by atoms with E-state index in [9.17, 15) is 4.79 Å². The Bertz CT molecular complexity index is 638. The number of pyridine rings is 1. The van der Waals surface area contributed by atoms with Crippen LogP contribution in [-0.4, -0.2) is 19.0 Å². The summed E-state index contributed by atoms with van der Waals surface area (Å²) in [5, 5.41) is 0. The van der Waals surface area contributed by atoms with Gasteiger partial charge in [-0.2, -0.15) is 4.57 Å². The molecular formula is C15H15N2O3+. The van der Waals surface area contributed by atoms with Crippen LogP contribution in [0.3, 0.4) is 0 Å². The van der Waals surface area contributed by atoms with Gasteiger partial charge >= 0.3 is 0 Å². The summed E-state index contributed by atoms with van der Waals surface area (Å²) in [5.74, 6) is 1.33. The zero-order valence-electron chi connectivity index (χ0n) is 10.9. The number of aromatic nitrogens is 1. The molecule has 20 heavy (non-hydrogen) atoms. The Hall–Kier alpha value is -2.56. The number of rotatable bonds is 3. The molecule has 5 heteroatoms. The van der Waals surface area contributed by atoms with Gasteiger partial charge in [-0.15, -0.1) is 0 Å². The number of nitrogens with zero attached hydrogens (tertiary/aromatic N) is 1. The molecule has 5 nitrogen and oxygen atoms in total. The van der Waals surface area contributed by atoms with E-state index in [0.717, 1.165) is 0 Å². The number of hydrogen-bond donors (Lipinski definition) is 1. The molecule has 102 valence electrons. The fourth-order valence-electron chi connectivity index (χ4n) is 2.05. The molecule has 3 rings (SSSR count). The Labute approximate surface area is 116 Å². The third-order valence-corrected chi connectivity index (χ3v) is 3.11. The first-order chi connectivity index (χ1) is 9.72. The van der Waals surface area contributed by atoms with Crippen LogP contribution in [0.4, 0.5) is 5.69 Å². The minimum absolute atomic E-state index is 0.0109. The summed E-state index contributed by atoms with van der Waals surface area (Å²) in [7, 11) is 0. The summed E-state index contributed by atoms with van der Waals surface area (Å²) < 4.78 is 12.7. The van der Waals surface area contributed by atoms with Crippen molar-refractivity contribution >= 4 is 11.5 Å². The standard InChI is InChI=1S/C15H14N2O3/c16-12-3-5-17(6-4-12)10-13(18)11-1-2-14-15(9-11)20-8-7-19-14/h1-6,9,16H,7-8,10H2/p+1. The molecule has 0 spiro atoms. The van der Waals surface area contributed by atoms with Gasteiger partial charge in [0.15, 0.2) is 23.9 Å². The quantitative estimate of drug-likeness (QED) is 0.673. The maximum atomic E-state index is 12.2. The number of benzene rings is 1. The smallest absolute Gasteiger partial charge is 0.227 e. The van der Waals surface area contributed by atoms with Crippen molar-refractivity contribution in [1.29, 1.82) is 0 Å². The summed E-state index contributed by atoms with van der Waals surface area (Å²) in [6.45, 7) is 1.32. The number of nitrogens with two attached hydrogens (primary N) is 1. The average molecular weight is 271 g/mol. The Morgan fingerprint density at radius 3 is 2.55 bits per heavy atom. The van der Waals surface area contributed by atoms with Crippen LogP contribution in [0.1, 0.15) is 10.4 Å². The number of ether oxygens (including phenoxy) is 2. The summed E-state index contributed by atoms with van der Waals surface area (Å²) in [5.41, 5.74) is 6.90. The zero-order valence-corrected chi connectivity index (χ0v) is 10.9. The number of carbonyl (C=O) groups is 1. The minimum atomic E-state index is 0.0109. The molecule has 0 amide bonds. The molecule has 1 aliphatic heterocycles. The highest BCUT2D eigenvalue weighted by atomic mass is 16.6. The Morgan fingerprint density at radius 2 is 1.80 bits per heavy atom. The number of Topliss-reactive ketones (excluding diaryl/α,β-unsaturated/α-hetero) is 1. The molecule has 2 heterocycles. The van der Waals surface area contributed by atoms with E-state index in [-0.39, 0.29) is 12.3 Å². The van der Waals surface area contributed by atoms with Crippen molar-refractivity contribution < 1.29 is 18.8 Å². The maximum absolute atomic E-state index is 12.2. The molecule has 1 aromatic heterocycles. The van der Waals surface area contributed by atoms with Crippen molar-refractivity contribution in [2.75, 3.05) is 18.9 Å². The van der Waals surface area contributed by atoms with E-state index in [4.69, 9.17) is 15.2 Å². The Balaban J connectivity index is 1.78. The van der Waals surface area contributed by atoms with Crippen molar-refractivity contribution in [1.82, 2.24) is 0 Å². The third-order valence-electron chi connectivity index (χ3n) is 3.11. The molecule has 0 atom stereocenters. The summed E-state index contributed by atoms with van der Waals surface area (Å²) in [4.78, 5) is 12.2. The zero-order chi connectivity index (χ0) is 13.9. The molecule has 1 aliphatic rings. The van der Waals surface area contributed by atoms with Crippen LogP contribution in [0.5, 0.6) is 11.5 Å². The number of ketones is 1. The molecule has 0 saturated carbocycles. The minimum Gasteiger partial charge on any atom is -0.486 e. The van der Waals surface area contributed by atoms with Crippen molar-refractivity contribution in [3.63, 3.8) is 0 Å². The van der Waals surface area contributed by atoms with Crippen LogP contribution < -0.4 is 19.8 Å². The van der Waals surface area contributed by atoms with Gasteiger partial charge in [0.05, 0.1) is 0 Å². The number of anilines is 1. The molecule has 0 bridgehead atoms. The average Bonchev–Trinajstić information content (AvgIpc) is 2.49. The first kappa shape index (κ1) is 12.5. The van der Waals surface area contributed by atoms with Crippen LogP contribution in [-0.2, 0) is 6.54 Å². The van der Waals surface area contributed by atoms with Gasteiger partial charge in [0.25, 0.3) is 0 Å². The van der Waals surface area contributed by atoms with Crippen LogP contribution >= 0.6 is 0 Å². The molecule has 2 aromatic rings. The van der Waals surface area contributed by atoms with Crippen LogP contribution in [0.15, 0.2) is 42.7 Å². The molecular weight excluding hydrogens is 256 g/mol.